The van der Waals surface area contributed by atoms with Crippen LogP contribution in [0.25, 0.3) is 11.3 Å². The maximum atomic E-state index is 9.67. The standard InChI is InChI=1S/C15H17NO/c1-9-7-8-16-15(10(9)2)13-5-6-14(17)12(4)11(13)3/h5-8,17H,1-4H3. The molecule has 1 N–H and O–H groups in total. The van der Waals surface area contributed by atoms with Crippen LogP contribution in [0.3, 0.4) is 0 Å². The highest BCUT2D eigenvalue weighted by atomic mass is 16.3. The predicted octanol–water partition coefficient (Wildman–Crippen LogP) is 3.69. The zero-order valence-corrected chi connectivity index (χ0v) is 10.7. The molecular weight excluding hydrogens is 210 g/mol. The first kappa shape index (κ1) is 11.6. The van der Waals surface area contributed by atoms with Gasteiger partial charge in [0, 0.05) is 11.8 Å². The van der Waals surface area contributed by atoms with Gasteiger partial charge in [0.15, 0.2) is 0 Å². The second kappa shape index (κ2) is 4.21. The number of aryl methyl sites for hydroxylation is 1. The van der Waals surface area contributed by atoms with Crippen molar-refractivity contribution >= 4 is 0 Å². The molecule has 88 valence electrons. The molecule has 2 aromatic rings. The van der Waals surface area contributed by atoms with Crippen LogP contribution in [-0.4, -0.2) is 10.1 Å². The molecule has 17 heavy (non-hydrogen) atoms. The number of benzene rings is 1. The SMILES string of the molecule is Cc1ccnc(-c2ccc(O)c(C)c2C)c1C. The highest BCUT2D eigenvalue weighted by Gasteiger charge is 2.11. The van der Waals surface area contributed by atoms with E-state index in [0.29, 0.717) is 5.75 Å². The summed E-state index contributed by atoms with van der Waals surface area (Å²) in [5.74, 6) is 0.344. The van der Waals surface area contributed by atoms with Crippen molar-refractivity contribution < 1.29 is 5.11 Å². The van der Waals surface area contributed by atoms with Gasteiger partial charge in [-0.2, -0.15) is 0 Å². The number of pyridine rings is 1. The molecule has 1 heterocycles. The fraction of sp³-hybridized carbons (Fsp3) is 0.267. The van der Waals surface area contributed by atoms with Crippen LogP contribution in [0.4, 0.5) is 0 Å². The summed E-state index contributed by atoms with van der Waals surface area (Å²) in [5, 5.41) is 9.67. The van der Waals surface area contributed by atoms with Crippen molar-refractivity contribution in [1.29, 1.82) is 0 Å². The third-order valence-electron chi connectivity index (χ3n) is 3.49. The Morgan fingerprint density at radius 3 is 2.29 bits per heavy atom. The summed E-state index contributed by atoms with van der Waals surface area (Å²) in [4.78, 5) is 4.46. The lowest BCUT2D eigenvalue weighted by atomic mass is 9.96. The van der Waals surface area contributed by atoms with Crippen LogP contribution in [0.1, 0.15) is 22.3 Å². The summed E-state index contributed by atoms with van der Waals surface area (Å²) in [5.41, 5.74) is 6.55. The first-order valence-corrected chi connectivity index (χ1v) is 5.74. The fourth-order valence-corrected chi connectivity index (χ4v) is 1.97. The number of hydrogen-bond donors (Lipinski definition) is 1. The van der Waals surface area contributed by atoms with Crippen molar-refractivity contribution in [3.8, 4) is 17.0 Å². The van der Waals surface area contributed by atoms with Gasteiger partial charge in [-0.05, 0) is 68.1 Å². The third kappa shape index (κ3) is 1.91. The molecule has 0 aliphatic heterocycles. The number of phenols is 1. The van der Waals surface area contributed by atoms with Gasteiger partial charge in [-0.15, -0.1) is 0 Å². The van der Waals surface area contributed by atoms with E-state index in [-0.39, 0.29) is 0 Å². The average molecular weight is 227 g/mol. The Bertz CT molecular complexity index is 573. The molecule has 0 saturated heterocycles. The van der Waals surface area contributed by atoms with E-state index in [9.17, 15) is 5.11 Å². The molecule has 0 bridgehead atoms. The van der Waals surface area contributed by atoms with Crippen LogP contribution in [0.2, 0.25) is 0 Å². The number of nitrogens with zero attached hydrogens (tertiary/aromatic N) is 1. The van der Waals surface area contributed by atoms with Crippen LogP contribution in [0.15, 0.2) is 24.4 Å². The smallest absolute Gasteiger partial charge is 0.118 e. The van der Waals surface area contributed by atoms with E-state index in [1.54, 1.807) is 6.07 Å². The van der Waals surface area contributed by atoms with Gasteiger partial charge >= 0.3 is 0 Å². The monoisotopic (exact) mass is 227 g/mol. The van der Waals surface area contributed by atoms with Gasteiger partial charge in [-0.25, -0.2) is 0 Å². The summed E-state index contributed by atoms with van der Waals surface area (Å²) in [6.45, 7) is 8.12. The Morgan fingerprint density at radius 1 is 0.882 bits per heavy atom. The molecule has 2 nitrogen and oxygen atoms in total. The summed E-state index contributed by atoms with van der Waals surface area (Å²) in [6.07, 6.45) is 1.83. The van der Waals surface area contributed by atoms with E-state index in [2.05, 4.69) is 18.8 Å². The number of phenolic OH excluding ortho intramolecular Hbond substituents is 1. The molecular formula is C15H17NO. The van der Waals surface area contributed by atoms with Crippen molar-refractivity contribution in [3.05, 3.63) is 46.6 Å². The maximum Gasteiger partial charge on any atom is 0.118 e. The molecule has 1 aromatic carbocycles. The third-order valence-corrected chi connectivity index (χ3v) is 3.49. The Morgan fingerprint density at radius 2 is 1.59 bits per heavy atom. The molecule has 1 aromatic heterocycles. The quantitative estimate of drug-likeness (QED) is 0.806. The molecule has 0 unspecified atom stereocenters. The summed E-state index contributed by atoms with van der Waals surface area (Å²) >= 11 is 0. The van der Waals surface area contributed by atoms with Gasteiger partial charge in [0.05, 0.1) is 5.69 Å². The Kier molecular flexibility index (Phi) is 2.88. The molecule has 2 rings (SSSR count). The Labute approximate surface area is 102 Å². The molecule has 0 amide bonds. The second-order valence-corrected chi connectivity index (χ2v) is 4.48. The predicted molar refractivity (Wildman–Crippen MR) is 70.3 cm³/mol. The fourth-order valence-electron chi connectivity index (χ4n) is 1.97. The number of aromatic hydroxyl groups is 1. The van der Waals surface area contributed by atoms with Gasteiger partial charge < -0.3 is 5.11 Å². The highest BCUT2D eigenvalue weighted by Crippen LogP contribution is 2.31. The number of rotatable bonds is 1. The van der Waals surface area contributed by atoms with E-state index in [0.717, 1.165) is 22.4 Å². The molecule has 0 saturated carbocycles. The van der Waals surface area contributed by atoms with Crippen molar-refractivity contribution in [2.45, 2.75) is 27.7 Å². The maximum absolute atomic E-state index is 9.67. The lowest BCUT2D eigenvalue weighted by Crippen LogP contribution is -1.95. The normalized spacial score (nSPS) is 10.6. The van der Waals surface area contributed by atoms with E-state index in [4.69, 9.17) is 0 Å². The number of aromatic nitrogens is 1. The number of hydrogen-bond acceptors (Lipinski definition) is 2. The van der Waals surface area contributed by atoms with Crippen LogP contribution in [0.5, 0.6) is 5.75 Å². The van der Waals surface area contributed by atoms with Crippen molar-refractivity contribution in [2.24, 2.45) is 0 Å². The van der Waals surface area contributed by atoms with Gasteiger partial charge in [-0.3, -0.25) is 4.98 Å². The van der Waals surface area contributed by atoms with E-state index >= 15 is 0 Å². The molecule has 0 atom stereocenters. The van der Waals surface area contributed by atoms with Crippen LogP contribution >= 0.6 is 0 Å². The molecule has 0 aliphatic carbocycles. The summed E-state index contributed by atoms with van der Waals surface area (Å²) in [6, 6.07) is 5.69. The van der Waals surface area contributed by atoms with Gasteiger partial charge in [0.1, 0.15) is 5.75 Å². The van der Waals surface area contributed by atoms with E-state index in [1.165, 1.54) is 11.1 Å². The van der Waals surface area contributed by atoms with E-state index in [1.807, 2.05) is 32.2 Å². The topological polar surface area (TPSA) is 33.1 Å². The second-order valence-electron chi connectivity index (χ2n) is 4.48. The Balaban J connectivity index is 2.69. The largest absolute Gasteiger partial charge is 0.508 e. The van der Waals surface area contributed by atoms with Crippen molar-refractivity contribution in [2.75, 3.05) is 0 Å². The molecule has 0 aliphatic rings. The Hall–Kier alpha value is -1.83. The van der Waals surface area contributed by atoms with Crippen molar-refractivity contribution in [1.82, 2.24) is 4.98 Å². The van der Waals surface area contributed by atoms with Gasteiger partial charge in [-0.1, -0.05) is 0 Å². The molecule has 0 spiro atoms. The van der Waals surface area contributed by atoms with Gasteiger partial charge in [0.2, 0.25) is 0 Å². The zero-order chi connectivity index (χ0) is 12.6. The average Bonchev–Trinajstić information content (AvgIpc) is 2.31. The summed E-state index contributed by atoms with van der Waals surface area (Å²) < 4.78 is 0. The molecule has 0 fully saturated rings. The minimum Gasteiger partial charge on any atom is -0.508 e. The zero-order valence-electron chi connectivity index (χ0n) is 10.7. The minimum atomic E-state index is 0.344. The lowest BCUT2D eigenvalue weighted by Gasteiger charge is -2.13. The van der Waals surface area contributed by atoms with E-state index < -0.39 is 0 Å². The molecule has 2 heteroatoms. The first-order chi connectivity index (χ1) is 8.02. The van der Waals surface area contributed by atoms with Crippen molar-refractivity contribution in [3.63, 3.8) is 0 Å². The van der Waals surface area contributed by atoms with Crippen LogP contribution < -0.4 is 0 Å². The van der Waals surface area contributed by atoms with Gasteiger partial charge in [0.25, 0.3) is 0 Å². The summed E-state index contributed by atoms with van der Waals surface area (Å²) in [7, 11) is 0. The minimum absolute atomic E-state index is 0.344. The first-order valence-electron chi connectivity index (χ1n) is 5.74. The van der Waals surface area contributed by atoms with Crippen LogP contribution in [0, 0.1) is 27.7 Å². The van der Waals surface area contributed by atoms with Crippen LogP contribution in [-0.2, 0) is 0 Å². The highest BCUT2D eigenvalue weighted by molar-refractivity contribution is 5.70. The lowest BCUT2D eigenvalue weighted by molar-refractivity contribution is 0.470. The molecule has 0 radical (unpaired) electrons.